The van der Waals surface area contributed by atoms with Crippen molar-refractivity contribution in [3.63, 3.8) is 0 Å². The molecule has 4 bridgehead atoms. The van der Waals surface area contributed by atoms with Crippen LogP contribution in [0.1, 0.15) is 54.5 Å². The van der Waals surface area contributed by atoms with Crippen molar-refractivity contribution in [2.24, 2.45) is 23.2 Å². The summed E-state index contributed by atoms with van der Waals surface area (Å²) in [6, 6.07) is 16.7. The Labute approximate surface area is 209 Å². The Kier molecular flexibility index (Phi) is 5.59. The number of H-pyrrole nitrogens is 1. The number of nitrogens with one attached hydrogen (secondary N) is 1. The van der Waals surface area contributed by atoms with Gasteiger partial charge < -0.3 is 10.0 Å². The first-order chi connectivity index (χ1) is 16.9. The van der Waals surface area contributed by atoms with Crippen LogP contribution in [0.25, 0.3) is 11.1 Å². The maximum atomic E-state index is 13.7. The number of aromatic nitrogens is 1. The molecular weight excluding hydrogens is 456 g/mol. The number of benzene rings is 2. The van der Waals surface area contributed by atoms with E-state index in [2.05, 4.69) is 41.4 Å². The van der Waals surface area contributed by atoms with Crippen molar-refractivity contribution in [2.75, 3.05) is 7.05 Å². The molecule has 0 saturated heterocycles. The van der Waals surface area contributed by atoms with Crippen molar-refractivity contribution >= 4 is 17.2 Å². The van der Waals surface area contributed by atoms with Gasteiger partial charge in [0.05, 0.1) is 10.3 Å². The van der Waals surface area contributed by atoms with Crippen LogP contribution < -0.4 is 4.87 Å². The first kappa shape index (κ1) is 22.6. The molecule has 4 fully saturated rings. The fraction of sp³-hybridized carbons (Fsp3) is 0.448. The Morgan fingerprint density at radius 1 is 1.00 bits per heavy atom. The molecule has 3 aromatic rings. The van der Waals surface area contributed by atoms with E-state index >= 15 is 0 Å². The fourth-order valence-electron chi connectivity index (χ4n) is 7.44. The van der Waals surface area contributed by atoms with Crippen molar-refractivity contribution in [3.05, 3.63) is 74.2 Å². The van der Waals surface area contributed by atoms with Crippen LogP contribution in [0.2, 0.25) is 0 Å². The number of hydrogen-bond donors (Lipinski definition) is 2. The van der Waals surface area contributed by atoms with Gasteiger partial charge in [-0.15, -0.1) is 0 Å². The smallest absolute Gasteiger partial charge is 0.307 e. The van der Waals surface area contributed by atoms with E-state index in [9.17, 15) is 14.7 Å². The summed E-state index contributed by atoms with van der Waals surface area (Å²) >= 11 is 1.04. The Balaban J connectivity index is 1.15. The van der Waals surface area contributed by atoms with Crippen molar-refractivity contribution in [1.29, 1.82) is 0 Å². The average Bonchev–Trinajstić information content (AvgIpc) is 3.14. The van der Waals surface area contributed by atoms with Crippen molar-refractivity contribution in [2.45, 2.75) is 51.5 Å². The highest BCUT2D eigenvalue weighted by Gasteiger charge is 2.55. The first-order valence-corrected chi connectivity index (χ1v) is 13.5. The largest absolute Gasteiger partial charge is 0.494 e. The Bertz CT molecular complexity index is 1270. The van der Waals surface area contributed by atoms with Crippen molar-refractivity contribution in [3.8, 4) is 17.0 Å². The van der Waals surface area contributed by atoms with Crippen LogP contribution in [-0.4, -0.2) is 27.9 Å². The summed E-state index contributed by atoms with van der Waals surface area (Å²) < 4.78 is 0. The molecule has 0 unspecified atom stereocenters. The quantitative estimate of drug-likeness (QED) is 0.476. The zero-order valence-electron chi connectivity index (χ0n) is 20.1. The second-order valence-corrected chi connectivity index (χ2v) is 12.3. The molecule has 6 heteroatoms. The van der Waals surface area contributed by atoms with E-state index < -0.39 is 0 Å². The third-order valence-electron chi connectivity index (χ3n) is 8.54. The van der Waals surface area contributed by atoms with E-state index in [0.717, 1.165) is 70.6 Å². The molecule has 7 rings (SSSR count). The molecule has 0 spiro atoms. The zero-order valence-corrected chi connectivity index (χ0v) is 20.9. The number of carbonyl (C=O) groups excluding carboxylic acids is 1. The molecule has 2 aromatic carbocycles. The fourth-order valence-corrected chi connectivity index (χ4v) is 8.20. The molecule has 4 saturated carbocycles. The summed E-state index contributed by atoms with van der Waals surface area (Å²) in [7, 11) is 1.98. The lowest BCUT2D eigenvalue weighted by Crippen LogP contribution is -2.53. The molecule has 1 heterocycles. The van der Waals surface area contributed by atoms with Gasteiger partial charge in [-0.3, -0.25) is 14.6 Å². The van der Waals surface area contributed by atoms with Crippen LogP contribution in [0.3, 0.4) is 0 Å². The van der Waals surface area contributed by atoms with E-state index in [0.29, 0.717) is 23.7 Å². The summed E-state index contributed by atoms with van der Waals surface area (Å²) in [5.41, 5.74) is 4.32. The van der Waals surface area contributed by atoms with Gasteiger partial charge in [0.15, 0.2) is 0 Å². The number of rotatable bonds is 6. The second-order valence-electron chi connectivity index (χ2n) is 11.2. The Hall–Kier alpha value is -2.86. The van der Waals surface area contributed by atoms with E-state index in [1.54, 1.807) is 0 Å². The SMILES string of the molecule is CN(Cc1cccc(-c2ccc(Cc3sc(=O)[nH]c3O)cc2)c1)C(=O)C12CC3CC(CC(C3)C1)C2. The normalized spacial score (nSPS) is 26.7. The standard InChI is InChI=1S/C29H32N2O3S/c1-31(27(33)29-14-20-9-21(15-29)11-22(10-20)16-29)17-19-3-2-4-24(12-19)23-7-5-18(6-8-23)13-25-26(32)30-28(34)35-25/h2-8,12,20-22,32H,9-11,13-17H2,1H3,(H,30,34). The maximum absolute atomic E-state index is 13.7. The molecule has 182 valence electrons. The van der Waals surface area contributed by atoms with Gasteiger partial charge in [0.1, 0.15) is 0 Å². The van der Waals surface area contributed by atoms with E-state index in [4.69, 9.17) is 0 Å². The third kappa shape index (κ3) is 4.33. The predicted molar refractivity (Wildman–Crippen MR) is 138 cm³/mol. The topological polar surface area (TPSA) is 73.4 Å². The monoisotopic (exact) mass is 488 g/mol. The highest BCUT2D eigenvalue weighted by atomic mass is 32.1. The Morgan fingerprint density at radius 2 is 1.66 bits per heavy atom. The summed E-state index contributed by atoms with van der Waals surface area (Å²) in [5, 5.41) is 9.84. The lowest BCUT2D eigenvalue weighted by atomic mass is 9.49. The molecule has 0 aliphatic heterocycles. The highest BCUT2D eigenvalue weighted by molar-refractivity contribution is 7.09. The number of carbonyl (C=O) groups is 1. The van der Waals surface area contributed by atoms with Gasteiger partial charge in [0.2, 0.25) is 11.8 Å². The predicted octanol–water partition coefficient (Wildman–Crippen LogP) is 5.57. The minimum atomic E-state index is -0.238. The van der Waals surface area contributed by atoms with Crippen LogP contribution >= 0.6 is 11.3 Å². The summed E-state index contributed by atoms with van der Waals surface area (Å²) in [6.07, 6.45) is 7.88. The molecule has 5 nitrogen and oxygen atoms in total. The van der Waals surface area contributed by atoms with Gasteiger partial charge in [-0.1, -0.05) is 53.8 Å². The lowest BCUT2D eigenvalue weighted by molar-refractivity contribution is -0.156. The molecule has 4 aliphatic rings. The average molecular weight is 489 g/mol. The molecule has 35 heavy (non-hydrogen) atoms. The van der Waals surface area contributed by atoms with Gasteiger partial charge in [-0.2, -0.15) is 0 Å². The van der Waals surface area contributed by atoms with Gasteiger partial charge in [0, 0.05) is 20.0 Å². The van der Waals surface area contributed by atoms with Gasteiger partial charge in [0.25, 0.3) is 0 Å². The van der Waals surface area contributed by atoms with Crippen LogP contribution in [0, 0.1) is 23.2 Å². The molecular formula is C29H32N2O3S. The van der Waals surface area contributed by atoms with Crippen LogP contribution in [0.5, 0.6) is 5.88 Å². The zero-order chi connectivity index (χ0) is 24.2. The highest BCUT2D eigenvalue weighted by Crippen LogP contribution is 2.60. The van der Waals surface area contributed by atoms with Crippen molar-refractivity contribution in [1.82, 2.24) is 9.88 Å². The number of nitrogens with zero attached hydrogens (tertiary/aromatic N) is 1. The van der Waals surface area contributed by atoms with E-state index in [1.165, 1.54) is 19.3 Å². The van der Waals surface area contributed by atoms with E-state index in [1.807, 2.05) is 24.1 Å². The summed E-state index contributed by atoms with van der Waals surface area (Å²) in [6.45, 7) is 0.637. The number of hydrogen-bond acceptors (Lipinski definition) is 4. The van der Waals surface area contributed by atoms with Crippen LogP contribution in [0.15, 0.2) is 53.3 Å². The molecule has 0 atom stereocenters. The molecule has 1 aromatic heterocycles. The summed E-state index contributed by atoms with van der Waals surface area (Å²) in [5.74, 6) is 2.64. The number of aromatic amines is 1. The molecule has 1 amide bonds. The minimum absolute atomic E-state index is 0.0380. The molecule has 4 aliphatic carbocycles. The molecule has 0 radical (unpaired) electrons. The van der Waals surface area contributed by atoms with Crippen LogP contribution in [-0.2, 0) is 17.8 Å². The number of thiazole rings is 1. The Morgan fingerprint density at radius 3 is 2.26 bits per heavy atom. The third-order valence-corrected chi connectivity index (χ3v) is 9.41. The van der Waals surface area contributed by atoms with Crippen LogP contribution in [0.4, 0.5) is 0 Å². The lowest BCUT2D eigenvalue weighted by Gasteiger charge is -2.56. The van der Waals surface area contributed by atoms with Gasteiger partial charge >= 0.3 is 4.87 Å². The first-order valence-electron chi connectivity index (χ1n) is 12.7. The van der Waals surface area contributed by atoms with Gasteiger partial charge in [-0.25, -0.2) is 0 Å². The van der Waals surface area contributed by atoms with E-state index in [-0.39, 0.29) is 16.2 Å². The number of amides is 1. The minimum Gasteiger partial charge on any atom is -0.494 e. The van der Waals surface area contributed by atoms with Crippen molar-refractivity contribution < 1.29 is 9.90 Å². The number of aromatic hydroxyl groups is 1. The van der Waals surface area contributed by atoms with Gasteiger partial charge in [-0.05, 0) is 84.6 Å². The maximum Gasteiger partial charge on any atom is 0.307 e. The summed E-state index contributed by atoms with van der Waals surface area (Å²) in [4.78, 5) is 29.9. The molecule has 2 N–H and O–H groups in total. The second kappa shape index (κ2) is 8.66.